The summed E-state index contributed by atoms with van der Waals surface area (Å²) in [5, 5.41) is 0. The van der Waals surface area contributed by atoms with E-state index in [1.54, 1.807) is 0 Å². The van der Waals surface area contributed by atoms with Crippen molar-refractivity contribution in [3.05, 3.63) is 0 Å². The summed E-state index contributed by atoms with van der Waals surface area (Å²) < 4.78 is 0. The van der Waals surface area contributed by atoms with Crippen LogP contribution in [0.4, 0.5) is 0 Å². The van der Waals surface area contributed by atoms with Gasteiger partial charge in [0.05, 0.1) is 25.0 Å². The Balaban J connectivity index is 0. The zero-order valence-corrected chi connectivity index (χ0v) is 8.77. The Kier molecular flexibility index (Phi) is 8.92. The summed E-state index contributed by atoms with van der Waals surface area (Å²) in [6.07, 6.45) is 8.45. The zero-order chi connectivity index (χ0) is 8.15. The van der Waals surface area contributed by atoms with Crippen LogP contribution in [0.5, 0.6) is 0 Å². The minimum atomic E-state index is 0. The summed E-state index contributed by atoms with van der Waals surface area (Å²) >= 11 is 0. The lowest BCUT2D eigenvalue weighted by Gasteiger charge is -1.94. The van der Waals surface area contributed by atoms with Gasteiger partial charge in [0.2, 0.25) is 5.78 Å². The molecule has 3 heteroatoms. The summed E-state index contributed by atoms with van der Waals surface area (Å²) in [5.74, 6) is 2.00. The number of hydrogen-bond acceptors (Lipinski definition) is 1. The average Bonchev–Trinajstić information content (AvgIpc) is 1.58. The number of hydrogen-bond donors (Lipinski definition) is 0. The lowest BCUT2D eigenvalue weighted by Crippen LogP contribution is -2.21. The molecule has 0 aromatic carbocycles. The van der Waals surface area contributed by atoms with E-state index < -0.39 is 0 Å². The molecule has 0 fully saturated rings. The van der Waals surface area contributed by atoms with E-state index in [1.165, 1.54) is 0 Å². The van der Waals surface area contributed by atoms with Gasteiger partial charge in [-0.3, -0.25) is 4.79 Å². The molecule has 11 heavy (non-hydrogen) atoms. The number of Topliss-reactive ketones (excluding diaryl/α,β-unsaturated/α-hetero) is 1. The van der Waals surface area contributed by atoms with E-state index in [-0.39, 0.29) is 7.43 Å². The van der Waals surface area contributed by atoms with Gasteiger partial charge in [-0.1, -0.05) is 7.43 Å². The van der Waals surface area contributed by atoms with Gasteiger partial charge in [0.25, 0.3) is 0 Å². The van der Waals surface area contributed by atoms with Crippen molar-refractivity contribution >= 4 is 27.6 Å². The topological polar surface area (TPSA) is 17.1 Å². The fourth-order valence-corrected chi connectivity index (χ4v) is 2.31. The number of carbonyl (C=O) groups excluding carboxylic acids is 1. The molecule has 0 atom stereocenters. The van der Waals surface area contributed by atoms with Crippen molar-refractivity contribution < 1.29 is 4.79 Å². The molecule has 0 aliphatic rings. The minimum Gasteiger partial charge on any atom is -0.289 e. The minimum absolute atomic E-state index is 0. The molecule has 0 aromatic rings. The predicted octanol–water partition coefficient (Wildman–Crippen LogP) is 0.947. The maximum absolute atomic E-state index is 11.1. The normalized spacial score (nSPS) is 10.0. The molecule has 0 aromatic heterocycles. The van der Waals surface area contributed by atoms with E-state index in [9.17, 15) is 4.79 Å². The van der Waals surface area contributed by atoms with Gasteiger partial charge in [-0.25, -0.2) is 0 Å². The molecule has 0 amide bonds. The molecular formula is C8H20OS2+2. The third-order valence-electron chi connectivity index (χ3n) is 0.899. The Morgan fingerprint density at radius 3 is 1.45 bits per heavy atom. The monoisotopic (exact) mass is 196 g/mol. The maximum atomic E-state index is 11.1. The summed E-state index contributed by atoms with van der Waals surface area (Å²) in [7, 11) is 0.586. The van der Waals surface area contributed by atoms with Gasteiger partial charge in [-0.15, -0.1) is 0 Å². The average molecular weight is 196 g/mol. The Morgan fingerprint density at radius 2 is 1.27 bits per heavy atom. The number of carbonyl (C=O) groups is 1. The number of rotatable bonds is 4. The second kappa shape index (κ2) is 7.04. The lowest BCUT2D eigenvalue weighted by molar-refractivity contribution is -0.114. The first-order valence-corrected chi connectivity index (χ1v) is 7.54. The van der Waals surface area contributed by atoms with Crippen LogP contribution >= 0.6 is 0 Å². The molecule has 0 bridgehead atoms. The van der Waals surface area contributed by atoms with Crippen LogP contribution in [-0.4, -0.2) is 42.3 Å². The fourth-order valence-electron chi connectivity index (χ4n) is 0.686. The van der Waals surface area contributed by atoms with Crippen molar-refractivity contribution in [3.8, 4) is 0 Å². The van der Waals surface area contributed by atoms with Crippen molar-refractivity contribution in [1.29, 1.82) is 0 Å². The molecule has 0 rings (SSSR count). The van der Waals surface area contributed by atoms with Crippen LogP contribution < -0.4 is 0 Å². The predicted molar refractivity (Wildman–Crippen MR) is 59.9 cm³/mol. The van der Waals surface area contributed by atoms with Gasteiger partial charge >= 0.3 is 0 Å². The second-order valence-corrected chi connectivity index (χ2v) is 7.32. The van der Waals surface area contributed by atoms with Gasteiger partial charge in [-0.05, 0) is 21.8 Å². The van der Waals surface area contributed by atoms with Crippen molar-refractivity contribution in [2.75, 3.05) is 36.5 Å². The SMILES string of the molecule is C.C[S+](C)CC(=O)C[S+](C)C. The van der Waals surface area contributed by atoms with Crippen molar-refractivity contribution in [2.45, 2.75) is 7.43 Å². The summed E-state index contributed by atoms with van der Waals surface area (Å²) in [6.45, 7) is 0. The molecular weight excluding hydrogens is 176 g/mol. The van der Waals surface area contributed by atoms with Crippen LogP contribution in [0.1, 0.15) is 7.43 Å². The van der Waals surface area contributed by atoms with Crippen LogP contribution in [0.15, 0.2) is 0 Å². The van der Waals surface area contributed by atoms with Gasteiger partial charge in [0, 0.05) is 0 Å². The van der Waals surface area contributed by atoms with E-state index in [0.717, 1.165) is 11.5 Å². The van der Waals surface area contributed by atoms with Crippen LogP contribution in [0.25, 0.3) is 0 Å². The van der Waals surface area contributed by atoms with Crippen molar-refractivity contribution in [1.82, 2.24) is 0 Å². The molecule has 0 N–H and O–H groups in total. The molecule has 0 heterocycles. The van der Waals surface area contributed by atoms with Gasteiger partial charge < -0.3 is 0 Å². The summed E-state index contributed by atoms with van der Waals surface area (Å²) in [6, 6.07) is 0. The third-order valence-corrected chi connectivity index (χ3v) is 2.70. The Labute approximate surface area is 76.6 Å². The van der Waals surface area contributed by atoms with E-state index >= 15 is 0 Å². The van der Waals surface area contributed by atoms with Crippen molar-refractivity contribution in [3.63, 3.8) is 0 Å². The lowest BCUT2D eigenvalue weighted by atomic mass is 10.5. The van der Waals surface area contributed by atoms with Crippen LogP contribution in [0.2, 0.25) is 0 Å². The highest BCUT2D eigenvalue weighted by Gasteiger charge is 2.17. The quantitative estimate of drug-likeness (QED) is 0.612. The molecule has 0 saturated carbocycles. The molecule has 0 aliphatic carbocycles. The highest BCUT2D eigenvalue weighted by Crippen LogP contribution is 1.90. The second-order valence-electron chi connectivity index (χ2n) is 2.80. The first-order chi connectivity index (χ1) is 4.52. The summed E-state index contributed by atoms with van der Waals surface area (Å²) in [4.78, 5) is 11.1. The largest absolute Gasteiger partial charge is 0.289 e. The van der Waals surface area contributed by atoms with E-state index in [4.69, 9.17) is 0 Å². The maximum Gasteiger partial charge on any atom is 0.230 e. The standard InChI is InChI=1S/C7H16OS2.CH4/c1-9(2)5-7(8)6-10(3)4;/h5-6H2,1-4H3;1H4/q+2;. The highest BCUT2D eigenvalue weighted by molar-refractivity contribution is 7.97. The summed E-state index contributed by atoms with van der Waals surface area (Å²) in [5.41, 5.74) is 0. The zero-order valence-electron chi connectivity index (χ0n) is 7.14. The van der Waals surface area contributed by atoms with Crippen LogP contribution in [-0.2, 0) is 26.6 Å². The van der Waals surface area contributed by atoms with Gasteiger partial charge in [0.15, 0.2) is 11.5 Å². The van der Waals surface area contributed by atoms with E-state index in [1.807, 2.05) is 0 Å². The molecule has 0 spiro atoms. The van der Waals surface area contributed by atoms with Gasteiger partial charge in [0.1, 0.15) is 0 Å². The molecule has 0 radical (unpaired) electrons. The Bertz CT molecular complexity index is 98.7. The van der Waals surface area contributed by atoms with Crippen LogP contribution in [0, 0.1) is 0 Å². The first-order valence-electron chi connectivity index (χ1n) is 3.12. The molecule has 0 aliphatic heterocycles. The Hall–Kier alpha value is 0.370. The van der Waals surface area contributed by atoms with Gasteiger partial charge in [-0.2, -0.15) is 0 Å². The highest BCUT2D eigenvalue weighted by atomic mass is 32.2. The smallest absolute Gasteiger partial charge is 0.230 e. The van der Waals surface area contributed by atoms with Crippen molar-refractivity contribution in [2.24, 2.45) is 0 Å². The Morgan fingerprint density at radius 1 is 1.00 bits per heavy atom. The van der Waals surface area contributed by atoms with Crippen LogP contribution in [0.3, 0.4) is 0 Å². The first kappa shape index (κ1) is 13.9. The fraction of sp³-hybridized carbons (Fsp3) is 0.875. The number of ketones is 1. The van der Waals surface area contributed by atoms with E-state index in [0.29, 0.717) is 27.6 Å². The molecule has 0 saturated heterocycles. The molecule has 0 unspecified atom stereocenters. The van der Waals surface area contributed by atoms with E-state index in [2.05, 4.69) is 25.0 Å². The molecule has 68 valence electrons. The third kappa shape index (κ3) is 10.4. The molecule has 1 nitrogen and oxygen atoms in total.